The molecule has 104 valence electrons. The average molecular weight is 258 g/mol. The zero-order valence-corrected chi connectivity index (χ0v) is 12.2. The van der Waals surface area contributed by atoms with E-state index in [9.17, 15) is 0 Å². The second-order valence-electron chi connectivity index (χ2n) is 6.38. The fourth-order valence-electron chi connectivity index (χ4n) is 2.84. The van der Waals surface area contributed by atoms with Crippen LogP contribution >= 0.6 is 0 Å². The molecule has 2 heteroatoms. The van der Waals surface area contributed by atoms with Gasteiger partial charge < -0.3 is 5.32 Å². The van der Waals surface area contributed by atoms with E-state index in [4.69, 9.17) is 0 Å². The second-order valence-corrected chi connectivity index (χ2v) is 6.38. The SMILES string of the molecule is CNC(CN(CC1CC1)C1CC1)c1ccc(C)cc1. The van der Waals surface area contributed by atoms with Crippen molar-refractivity contribution in [2.24, 2.45) is 5.92 Å². The number of nitrogens with one attached hydrogen (secondary N) is 1. The van der Waals surface area contributed by atoms with Crippen molar-refractivity contribution < 1.29 is 0 Å². The Balaban J connectivity index is 1.64. The van der Waals surface area contributed by atoms with E-state index in [1.165, 1.54) is 49.9 Å². The lowest BCUT2D eigenvalue weighted by Crippen LogP contribution is -2.36. The van der Waals surface area contributed by atoms with Gasteiger partial charge in [-0.15, -0.1) is 0 Å². The van der Waals surface area contributed by atoms with E-state index in [0.717, 1.165) is 12.0 Å². The zero-order chi connectivity index (χ0) is 13.2. The molecule has 3 rings (SSSR count). The summed E-state index contributed by atoms with van der Waals surface area (Å²) in [7, 11) is 2.09. The van der Waals surface area contributed by atoms with E-state index in [1.54, 1.807) is 0 Å². The average Bonchev–Trinajstić information content (AvgIpc) is 3.28. The summed E-state index contributed by atoms with van der Waals surface area (Å²) in [5.41, 5.74) is 2.77. The molecule has 2 fully saturated rings. The van der Waals surface area contributed by atoms with Crippen molar-refractivity contribution in [1.82, 2.24) is 10.2 Å². The van der Waals surface area contributed by atoms with Gasteiger partial charge in [-0.2, -0.15) is 0 Å². The van der Waals surface area contributed by atoms with E-state index in [1.807, 2.05) is 0 Å². The van der Waals surface area contributed by atoms with Crippen molar-refractivity contribution in [3.8, 4) is 0 Å². The summed E-state index contributed by atoms with van der Waals surface area (Å²) < 4.78 is 0. The molecule has 1 unspecified atom stereocenters. The normalized spacial score (nSPS) is 20.8. The van der Waals surface area contributed by atoms with Gasteiger partial charge in [-0.25, -0.2) is 0 Å². The number of nitrogens with zero attached hydrogens (tertiary/aromatic N) is 1. The predicted octanol–water partition coefficient (Wildman–Crippen LogP) is 3.13. The van der Waals surface area contributed by atoms with Gasteiger partial charge in [0.25, 0.3) is 0 Å². The van der Waals surface area contributed by atoms with E-state index < -0.39 is 0 Å². The summed E-state index contributed by atoms with van der Waals surface area (Å²) in [6, 6.07) is 10.4. The maximum Gasteiger partial charge on any atom is 0.0446 e. The standard InChI is InChI=1S/C17H26N2/c1-13-3-7-15(8-4-13)17(18-2)12-19(16-9-10-16)11-14-5-6-14/h3-4,7-8,14,16-18H,5-6,9-12H2,1-2H3. The van der Waals surface area contributed by atoms with Crippen molar-refractivity contribution in [1.29, 1.82) is 0 Å². The third kappa shape index (κ3) is 3.58. The summed E-state index contributed by atoms with van der Waals surface area (Å²) in [4.78, 5) is 2.73. The van der Waals surface area contributed by atoms with Crippen LogP contribution in [0.4, 0.5) is 0 Å². The molecular weight excluding hydrogens is 232 g/mol. The molecule has 2 nitrogen and oxygen atoms in total. The van der Waals surface area contributed by atoms with Crippen molar-refractivity contribution in [3.05, 3.63) is 35.4 Å². The summed E-state index contributed by atoms with van der Waals surface area (Å²) in [6.45, 7) is 4.65. The highest BCUT2D eigenvalue weighted by Gasteiger charge is 2.34. The minimum Gasteiger partial charge on any atom is -0.312 e. The van der Waals surface area contributed by atoms with Gasteiger partial charge >= 0.3 is 0 Å². The molecule has 2 aliphatic carbocycles. The van der Waals surface area contributed by atoms with Crippen LogP contribution in [0, 0.1) is 12.8 Å². The van der Waals surface area contributed by atoms with Crippen LogP contribution in [-0.4, -0.2) is 31.1 Å². The van der Waals surface area contributed by atoms with Crippen molar-refractivity contribution in [3.63, 3.8) is 0 Å². The van der Waals surface area contributed by atoms with Crippen molar-refractivity contribution in [2.45, 2.75) is 44.7 Å². The molecular formula is C17H26N2. The number of hydrogen-bond acceptors (Lipinski definition) is 2. The summed E-state index contributed by atoms with van der Waals surface area (Å²) >= 11 is 0. The largest absolute Gasteiger partial charge is 0.312 e. The zero-order valence-electron chi connectivity index (χ0n) is 12.2. The Labute approximate surface area is 117 Å². The molecule has 0 amide bonds. The maximum absolute atomic E-state index is 3.50. The Morgan fingerprint density at radius 3 is 2.37 bits per heavy atom. The number of hydrogen-bond donors (Lipinski definition) is 1. The highest BCUT2D eigenvalue weighted by molar-refractivity contribution is 5.24. The fourth-order valence-corrected chi connectivity index (χ4v) is 2.84. The molecule has 1 aromatic carbocycles. The molecule has 2 saturated carbocycles. The molecule has 19 heavy (non-hydrogen) atoms. The van der Waals surface area contributed by atoms with Crippen LogP contribution in [-0.2, 0) is 0 Å². The van der Waals surface area contributed by atoms with Gasteiger partial charge in [0.15, 0.2) is 0 Å². The first-order valence-electron chi connectivity index (χ1n) is 7.74. The summed E-state index contributed by atoms with van der Waals surface area (Å²) in [5, 5.41) is 3.50. The Hall–Kier alpha value is -0.860. The first-order valence-corrected chi connectivity index (χ1v) is 7.74. The molecule has 0 aliphatic heterocycles. The number of likely N-dealkylation sites (N-methyl/N-ethyl adjacent to an activating group) is 1. The van der Waals surface area contributed by atoms with Gasteiger partial charge in [-0.3, -0.25) is 4.90 Å². The molecule has 0 radical (unpaired) electrons. The maximum atomic E-state index is 3.50. The number of benzene rings is 1. The van der Waals surface area contributed by atoms with Gasteiger partial charge in [0.2, 0.25) is 0 Å². The lowest BCUT2D eigenvalue weighted by atomic mass is 10.0. The Morgan fingerprint density at radius 2 is 1.84 bits per heavy atom. The highest BCUT2D eigenvalue weighted by Crippen LogP contribution is 2.35. The molecule has 1 N–H and O–H groups in total. The first-order chi connectivity index (χ1) is 9.26. The Kier molecular flexibility index (Phi) is 3.90. The molecule has 2 aliphatic rings. The molecule has 0 spiro atoms. The third-order valence-electron chi connectivity index (χ3n) is 4.50. The molecule has 0 heterocycles. The van der Waals surface area contributed by atoms with Crippen molar-refractivity contribution in [2.75, 3.05) is 20.1 Å². The van der Waals surface area contributed by atoms with Gasteiger partial charge in [0.1, 0.15) is 0 Å². The smallest absolute Gasteiger partial charge is 0.0446 e. The highest BCUT2D eigenvalue weighted by atomic mass is 15.2. The minimum atomic E-state index is 0.472. The molecule has 1 aromatic rings. The van der Waals surface area contributed by atoms with Gasteiger partial charge in [-0.05, 0) is 51.1 Å². The predicted molar refractivity (Wildman–Crippen MR) is 80.3 cm³/mol. The van der Waals surface area contributed by atoms with Crippen LogP contribution in [0.1, 0.15) is 42.9 Å². The molecule has 0 bridgehead atoms. The fraction of sp³-hybridized carbons (Fsp3) is 0.647. The van der Waals surface area contributed by atoms with Crippen LogP contribution in [0.25, 0.3) is 0 Å². The second kappa shape index (κ2) is 5.64. The topological polar surface area (TPSA) is 15.3 Å². The van der Waals surface area contributed by atoms with Gasteiger partial charge in [0, 0.05) is 25.2 Å². The monoisotopic (exact) mass is 258 g/mol. The molecule has 0 aromatic heterocycles. The van der Waals surface area contributed by atoms with Crippen LogP contribution in [0.5, 0.6) is 0 Å². The van der Waals surface area contributed by atoms with Gasteiger partial charge in [0.05, 0.1) is 0 Å². The molecule has 0 saturated heterocycles. The quantitative estimate of drug-likeness (QED) is 0.808. The minimum absolute atomic E-state index is 0.472. The van der Waals surface area contributed by atoms with Crippen LogP contribution in [0.2, 0.25) is 0 Å². The van der Waals surface area contributed by atoms with Crippen molar-refractivity contribution >= 4 is 0 Å². The first kappa shape index (κ1) is 13.1. The summed E-state index contributed by atoms with van der Waals surface area (Å²) in [6.07, 6.45) is 5.74. The lowest BCUT2D eigenvalue weighted by molar-refractivity contribution is 0.227. The van der Waals surface area contributed by atoms with E-state index in [-0.39, 0.29) is 0 Å². The Bertz CT molecular complexity index is 404. The third-order valence-corrected chi connectivity index (χ3v) is 4.50. The lowest BCUT2D eigenvalue weighted by Gasteiger charge is -2.27. The van der Waals surface area contributed by atoms with Crippen LogP contribution in [0.15, 0.2) is 24.3 Å². The van der Waals surface area contributed by atoms with Crippen LogP contribution < -0.4 is 5.32 Å². The van der Waals surface area contributed by atoms with E-state index in [2.05, 4.69) is 48.5 Å². The molecule has 1 atom stereocenters. The Morgan fingerprint density at radius 1 is 1.16 bits per heavy atom. The van der Waals surface area contributed by atoms with Gasteiger partial charge in [-0.1, -0.05) is 29.8 Å². The van der Waals surface area contributed by atoms with Crippen LogP contribution in [0.3, 0.4) is 0 Å². The number of rotatable bonds is 7. The van der Waals surface area contributed by atoms with E-state index >= 15 is 0 Å². The van der Waals surface area contributed by atoms with E-state index in [0.29, 0.717) is 6.04 Å². The number of aryl methyl sites for hydroxylation is 1. The summed E-state index contributed by atoms with van der Waals surface area (Å²) in [5.74, 6) is 0.996.